The summed E-state index contributed by atoms with van der Waals surface area (Å²) < 4.78 is 28.4. The summed E-state index contributed by atoms with van der Waals surface area (Å²) in [6.07, 6.45) is 4.72. The van der Waals surface area contributed by atoms with Gasteiger partial charge < -0.3 is 5.32 Å². The quantitative estimate of drug-likeness (QED) is 0.808. The van der Waals surface area contributed by atoms with Crippen molar-refractivity contribution in [3.63, 3.8) is 0 Å². The molecule has 1 unspecified atom stereocenters. The Morgan fingerprint density at radius 1 is 1.38 bits per heavy atom. The van der Waals surface area contributed by atoms with E-state index in [4.69, 9.17) is 0 Å². The molecule has 0 saturated heterocycles. The Morgan fingerprint density at radius 2 is 2.05 bits per heavy atom. The Labute approximate surface area is 132 Å². The van der Waals surface area contributed by atoms with Crippen LogP contribution in [-0.4, -0.2) is 21.0 Å². The summed E-state index contributed by atoms with van der Waals surface area (Å²) in [7, 11) is -3.38. The number of thiophene rings is 1. The molecule has 1 atom stereocenters. The molecule has 1 heterocycles. The van der Waals surface area contributed by atoms with Crippen LogP contribution >= 0.6 is 11.3 Å². The minimum atomic E-state index is -3.38. The molecule has 0 bridgehead atoms. The molecule has 2 N–H and O–H groups in total. The van der Waals surface area contributed by atoms with Crippen LogP contribution in [0.4, 0.5) is 0 Å². The third kappa shape index (κ3) is 4.28. The zero-order chi connectivity index (χ0) is 15.5. The Balaban J connectivity index is 2.08. The van der Waals surface area contributed by atoms with Crippen LogP contribution < -0.4 is 10.0 Å². The average Bonchev–Trinajstić information content (AvgIpc) is 3.05. The Hall–Kier alpha value is -0.430. The van der Waals surface area contributed by atoms with Gasteiger partial charge in [-0.2, -0.15) is 0 Å². The minimum absolute atomic E-state index is 0.0251. The topological polar surface area (TPSA) is 58.2 Å². The molecule has 120 valence electrons. The van der Waals surface area contributed by atoms with Crippen molar-refractivity contribution >= 4 is 21.4 Å². The third-order valence-electron chi connectivity index (χ3n) is 4.25. The fourth-order valence-electron chi connectivity index (χ4n) is 2.89. The Morgan fingerprint density at radius 3 is 2.67 bits per heavy atom. The van der Waals surface area contributed by atoms with Gasteiger partial charge in [0.25, 0.3) is 0 Å². The molecule has 1 aliphatic carbocycles. The zero-order valence-corrected chi connectivity index (χ0v) is 14.7. The van der Waals surface area contributed by atoms with Gasteiger partial charge in [-0.1, -0.05) is 19.8 Å². The highest BCUT2D eigenvalue weighted by molar-refractivity contribution is 7.91. The second-order valence-corrected chi connectivity index (χ2v) is 8.98. The molecule has 1 aliphatic rings. The van der Waals surface area contributed by atoms with Crippen molar-refractivity contribution in [2.24, 2.45) is 5.92 Å². The predicted octanol–water partition coefficient (Wildman–Crippen LogP) is 3.02. The van der Waals surface area contributed by atoms with E-state index < -0.39 is 10.0 Å². The fourth-order valence-corrected chi connectivity index (χ4v) is 5.78. The van der Waals surface area contributed by atoms with Crippen LogP contribution in [0, 0.1) is 12.8 Å². The predicted molar refractivity (Wildman–Crippen MR) is 88.2 cm³/mol. The second kappa shape index (κ2) is 7.22. The third-order valence-corrected chi connectivity index (χ3v) is 7.52. The summed E-state index contributed by atoms with van der Waals surface area (Å²) in [6, 6.07) is 1.82. The van der Waals surface area contributed by atoms with Gasteiger partial charge in [-0.05, 0) is 50.8 Å². The average molecular weight is 331 g/mol. The number of aryl methyl sites for hydroxylation is 1. The summed E-state index contributed by atoms with van der Waals surface area (Å²) >= 11 is 1.38. The standard InChI is InChI=1S/C15H26N2O2S2/c1-4-16-10-14-11(2)9-15(20-14)21(18,19)17-12(3)13-7-5-6-8-13/h9,12-13,16-17H,4-8,10H2,1-3H3. The van der Waals surface area contributed by atoms with Crippen molar-refractivity contribution in [1.82, 2.24) is 10.0 Å². The van der Waals surface area contributed by atoms with E-state index in [1.165, 1.54) is 24.2 Å². The molecule has 0 aromatic carbocycles. The lowest BCUT2D eigenvalue weighted by molar-refractivity contribution is 0.424. The van der Waals surface area contributed by atoms with Gasteiger partial charge in [0.1, 0.15) is 4.21 Å². The lowest BCUT2D eigenvalue weighted by Crippen LogP contribution is -2.36. The van der Waals surface area contributed by atoms with Gasteiger partial charge in [0.15, 0.2) is 0 Å². The van der Waals surface area contributed by atoms with Crippen LogP contribution in [0.2, 0.25) is 0 Å². The van der Waals surface area contributed by atoms with E-state index in [1.54, 1.807) is 6.07 Å². The number of sulfonamides is 1. The zero-order valence-electron chi connectivity index (χ0n) is 13.1. The molecular weight excluding hydrogens is 304 g/mol. The maximum Gasteiger partial charge on any atom is 0.250 e. The molecular formula is C15H26N2O2S2. The summed E-state index contributed by atoms with van der Waals surface area (Å²) in [6.45, 7) is 7.64. The van der Waals surface area contributed by atoms with Crippen LogP contribution in [0.1, 0.15) is 50.0 Å². The molecule has 1 aromatic rings. The molecule has 0 radical (unpaired) electrons. The van der Waals surface area contributed by atoms with Crippen molar-refractivity contribution in [2.75, 3.05) is 6.54 Å². The maximum absolute atomic E-state index is 12.5. The lowest BCUT2D eigenvalue weighted by atomic mass is 10.0. The first kappa shape index (κ1) is 16.9. The van der Waals surface area contributed by atoms with Gasteiger partial charge in [0.05, 0.1) is 0 Å². The largest absolute Gasteiger partial charge is 0.312 e. The van der Waals surface area contributed by atoms with Crippen LogP contribution in [0.5, 0.6) is 0 Å². The van der Waals surface area contributed by atoms with Gasteiger partial charge in [-0.15, -0.1) is 11.3 Å². The lowest BCUT2D eigenvalue weighted by Gasteiger charge is -2.19. The molecule has 1 saturated carbocycles. The highest BCUT2D eigenvalue weighted by atomic mass is 32.2. The van der Waals surface area contributed by atoms with Crippen molar-refractivity contribution in [3.8, 4) is 0 Å². The summed E-state index contributed by atoms with van der Waals surface area (Å²) in [5.41, 5.74) is 1.05. The monoisotopic (exact) mass is 330 g/mol. The van der Waals surface area contributed by atoms with Crippen molar-refractivity contribution < 1.29 is 8.42 Å². The molecule has 1 fully saturated rings. The summed E-state index contributed by atoms with van der Waals surface area (Å²) in [4.78, 5) is 1.10. The molecule has 4 nitrogen and oxygen atoms in total. The van der Waals surface area contributed by atoms with Crippen molar-refractivity contribution in [1.29, 1.82) is 0 Å². The van der Waals surface area contributed by atoms with Gasteiger partial charge >= 0.3 is 0 Å². The van der Waals surface area contributed by atoms with Crippen molar-refractivity contribution in [3.05, 3.63) is 16.5 Å². The highest BCUT2D eigenvalue weighted by Gasteiger charge is 2.27. The van der Waals surface area contributed by atoms with Gasteiger partial charge in [0.2, 0.25) is 10.0 Å². The highest BCUT2D eigenvalue weighted by Crippen LogP contribution is 2.30. The fraction of sp³-hybridized carbons (Fsp3) is 0.733. The Kier molecular flexibility index (Phi) is 5.82. The van der Waals surface area contributed by atoms with E-state index in [0.717, 1.165) is 36.4 Å². The van der Waals surface area contributed by atoms with Crippen LogP contribution in [0.15, 0.2) is 10.3 Å². The van der Waals surface area contributed by atoms with E-state index in [-0.39, 0.29) is 6.04 Å². The SMILES string of the molecule is CCNCc1sc(S(=O)(=O)NC(C)C2CCCC2)cc1C. The van der Waals surface area contributed by atoms with E-state index in [0.29, 0.717) is 10.1 Å². The normalized spacial score (nSPS) is 18.2. The minimum Gasteiger partial charge on any atom is -0.312 e. The second-order valence-electron chi connectivity index (χ2n) is 5.91. The number of hydrogen-bond donors (Lipinski definition) is 2. The molecule has 1 aromatic heterocycles. The van der Waals surface area contributed by atoms with Gasteiger partial charge in [-0.3, -0.25) is 0 Å². The number of rotatable bonds is 7. The maximum atomic E-state index is 12.5. The first-order valence-electron chi connectivity index (χ1n) is 7.76. The van der Waals surface area contributed by atoms with E-state index in [9.17, 15) is 8.42 Å². The number of nitrogens with one attached hydrogen (secondary N) is 2. The van der Waals surface area contributed by atoms with Crippen LogP contribution in [0.3, 0.4) is 0 Å². The molecule has 0 aliphatic heterocycles. The van der Waals surface area contributed by atoms with E-state index in [1.807, 2.05) is 20.8 Å². The Bertz CT molecular complexity index is 560. The first-order valence-corrected chi connectivity index (χ1v) is 10.1. The molecule has 0 amide bonds. The van der Waals surface area contributed by atoms with Crippen LogP contribution in [-0.2, 0) is 16.6 Å². The van der Waals surface area contributed by atoms with E-state index >= 15 is 0 Å². The first-order chi connectivity index (χ1) is 9.94. The van der Waals surface area contributed by atoms with Gasteiger partial charge in [0, 0.05) is 17.5 Å². The smallest absolute Gasteiger partial charge is 0.250 e. The van der Waals surface area contributed by atoms with E-state index in [2.05, 4.69) is 10.0 Å². The number of hydrogen-bond acceptors (Lipinski definition) is 4. The van der Waals surface area contributed by atoms with Crippen molar-refractivity contribution in [2.45, 2.75) is 63.3 Å². The molecule has 0 spiro atoms. The summed E-state index contributed by atoms with van der Waals surface area (Å²) in [5, 5.41) is 3.25. The van der Waals surface area contributed by atoms with Crippen LogP contribution in [0.25, 0.3) is 0 Å². The van der Waals surface area contributed by atoms with Gasteiger partial charge in [-0.25, -0.2) is 13.1 Å². The molecule has 6 heteroatoms. The molecule has 2 rings (SSSR count). The molecule has 21 heavy (non-hydrogen) atoms. The summed E-state index contributed by atoms with van der Waals surface area (Å²) in [5.74, 6) is 0.488.